The molecule has 122 valence electrons. The maximum Gasteiger partial charge on any atom is 0.204 e. The third-order valence-electron chi connectivity index (χ3n) is 3.60. The van der Waals surface area contributed by atoms with Crippen LogP contribution in [0.1, 0.15) is 6.42 Å². The molecule has 2 heterocycles. The third kappa shape index (κ3) is 4.23. The predicted molar refractivity (Wildman–Crippen MR) is 96.2 cm³/mol. The monoisotopic (exact) mass is 339 g/mol. The number of thioether (sulfide) groups is 1. The predicted octanol–water partition coefficient (Wildman–Crippen LogP) is 4.30. The van der Waals surface area contributed by atoms with Gasteiger partial charge < -0.3 is 4.57 Å². The number of nitrogens with zero attached hydrogens (tertiary/aromatic N) is 3. The molecule has 0 saturated carbocycles. The highest BCUT2D eigenvalue weighted by molar-refractivity contribution is 7.99. The lowest BCUT2D eigenvalue weighted by molar-refractivity contribution is -0.479. The van der Waals surface area contributed by atoms with E-state index < -0.39 is 0 Å². The van der Waals surface area contributed by atoms with Crippen LogP contribution < -0.4 is 0 Å². The van der Waals surface area contributed by atoms with E-state index in [1.54, 1.807) is 24.2 Å². The van der Waals surface area contributed by atoms with E-state index in [9.17, 15) is 10.1 Å². The molecule has 1 aromatic carbocycles. The van der Waals surface area contributed by atoms with Gasteiger partial charge in [0.2, 0.25) is 6.54 Å². The average Bonchev–Trinajstić information content (AvgIpc) is 3.10. The van der Waals surface area contributed by atoms with Crippen molar-refractivity contribution in [1.29, 1.82) is 0 Å². The molecule has 0 N–H and O–H groups in total. The molecule has 0 amide bonds. The third-order valence-corrected chi connectivity index (χ3v) is 4.69. The molecule has 0 bridgehead atoms. The highest BCUT2D eigenvalue weighted by atomic mass is 32.2. The van der Waals surface area contributed by atoms with Gasteiger partial charge in [0.1, 0.15) is 0 Å². The largest absolute Gasteiger partial charge is 0.323 e. The van der Waals surface area contributed by atoms with Crippen molar-refractivity contribution in [1.82, 2.24) is 9.55 Å². The maximum absolute atomic E-state index is 10.3. The van der Waals surface area contributed by atoms with Crippen LogP contribution in [0.25, 0.3) is 16.8 Å². The van der Waals surface area contributed by atoms with E-state index in [0.29, 0.717) is 6.42 Å². The van der Waals surface area contributed by atoms with Gasteiger partial charge in [0.15, 0.2) is 0 Å². The first-order valence-electron chi connectivity index (χ1n) is 7.66. The number of hydrogen-bond acceptors (Lipinski definition) is 4. The first kappa shape index (κ1) is 16.3. The summed E-state index contributed by atoms with van der Waals surface area (Å²) in [7, 11) is 0. The molecule has 0 aliphatic rings. The molecule has 2 aromatic heterocycles. The summed E-state index contributed by atoms with van der Waals surface area (Å²) in [5, 5.41) is 10.3. The molecule has 0 saturated heterocycles. The fraction of sp³-hybridized carbons (Fsp3) is 0.167. The minimum atomic E-state index is -0.268. The standard InChI is InChI=1S/C18H17N3O2S/c22-21(23)11-1-13-24-18-4-2-17(3-5-18)20-12-8-16(14-20)15-6-9-19-10-7-15/h2-10,12,14H,1,11,13H2. The van der Waals surface area contributed by atoms with Gasteiger partial charge in [-0.05, 0) is 53.6 Å². The summed E-state index contributed by atoms with van der Waals surface area (Å²) in [4.78, 5) is 15.2. The van der Waals surface area contributed by atoms with Crippen LogP contribution in [0.2, 0.25) is 0 Å². The van der Waals surface area contributed by atoms with Gasteiger partial charge in [0, 0.05) is 52.5 Å². The Kier molecular flexibility index (Phi) is 5.28. The van der Waals surface area contributed by atoms with Crippen molar-refractivity contribution in [3.05, 3.63) is 77.4 Å². The van der Waals surface area contributed by atoms with Crippen molar-refractivity contribution in [2.75, 3.05) is 12.3 Å². The van der Waals surface area contributed by atoms with E-state index >= 15 is 0 Å². The Bertz CT molecular complexity index is 801. The number of hydrogen-bond donors (Lipinski definition) is 0. The maximum atomic E-state index is 10.3. The minimum absolute atomic E-state index is 0.0340. The SMILES string of the molecule is O=[N+]([O-])CCCSc1ccc(-n2ccc(-c3ccncc3)c2)cc1. The van der Waals surface area contributed by atoms with Crippen molar-refractivity contribution in [3.8, 4) is 16.8 Å². The van der Waals surface area contributed by atoms with Crippen LogP contribution in [0.15, 0.2) is 72.1 Å². The Balaban J connectivity index is 1.64. The quantitative estimate of drug-likeness (QED) is 0.279. The van der Waals surface area contributed by atoms with Gasteiger partial charge in [0.25, 0.3) is 0 Å². The molecule has 5 nitrogen and oxygen atoms in total. The number of pyridine rings is 1. The molecular weight excluding hydrogens is 322 g/mol. The van der Waals surface area contributed by atoms with Crippen LogP contribution >= 0.6 is 11.8 Å². The Hall–Kier alpha value is -2.60. The van der Waals surface area contributed by atoms with Crippen molar-refractivity contribution in [3.63, 3.8) is 0 Å². The van der Waals surface area contributed by atoms with Crippen molar-refractivity contribution < 1.29 is 4.92 Å². The van der Waals surface area contributed by atoms with Gasteiger partial charge in [-0.15, -0.1) is 11.8 Å². The lowest BCUT2D eigenvalue weighted by atomic mass is 10.1. The second kappa shape index (κ2) is 7.79. The van der Waals surface area contributed by atoms with Gasteiger partial charge >= 0.3 is 0 Å². The van der Waals surface area contributed by atoms with Crippen molar-refractivity contribution in [2.24, 2.45) is 0 Å². The molecule has 0 spiro atoms. The van der Waals surface area contributed by atoms with Crippen LogP contribution in [0, 0.1) is 10.1 Å². The molecule has 0 aliphatic heterocycles. The number of rotatable bonds is 7. The average molecular weight is 339 g/mol. The van der Waals surface area contributed by atoms with Gasteiger partial charge in [-0.25, -0.2) is 0 Å². The summed E-state index contributed by atoms with van der Waals surface area (Å²) in [6.45, 7) is 0.0340. The number of aromatic nitrogens is 2. The molecule has 0 radical (unpaired) electrons. The zero-order chi connectivity index (χ0) is 16.8. The van der Waals surface area contributed by atoms with Crippen LogP contribution in [0.3, 0.4) is 0 Å². The Morgan fingerprint density at radius 3 is 2.50 bits per heavy atom. The van der Waals surface area contributed by atoms with E-state index in [-0.39, 0.29) is 11.5 Å². The summed E-state index contributed by atoms with van der Waals surface area (Å²) in [6.07, 6.45) is 8.30. The fourth-order valence-corrected chi connectivity index (χ4v) is 3.21. The molecule has 0 atom stereocenters. The van der Waals surface area contributed by atoms with Crippen molar-refractivity contribution >= 4 is 11.8 Å². The number of benzene rings is 1. The molecule has 3 aromatic rings. The second-order valence-electron chi connectivity index (χ2n) is 5.30. The highest BCUT2D eigenvalue weighted by Gasteiger charge is 2.03. The Labute approximate surface area is 144 Å². The van der Waals surface area contributed by atoms with E-state index in [4.69, 9.17) is 0 Å². The summed E-state index contributed by atoms with van der Waals surface area (Å²) in [6, 6.07) is 14.3. The zero-order valence-corrected chi connectivity index (χ0v) is 13.9. The van der Waals surface area contributed by atoms with E-state index in [2.05, 4.69) is 46.1 Å². The molecule has 0 aliphatic carbocycles. The van der Waals surface area contributed by atoms with Crippen LogP contribution in [0.4, 0.5) is 0 Å². The van der Waals surface area contributed by atoms with Gasteiger partial charge in [-0.2, -0.15) is 0 Å². The van der Waals surface area contributed by atoms with Crippen molar-refractivity contribution in [2.45, 2.75) is 11.3 Å². The van der Waals surface area contributed by atoms with E-state index in [0.717, 1.165) is 27.5 Å². The topological polar surface area (TPSA) is 61.0 Å². The minimum Gasteiger partial charge on any atom is -0.323 e. The Morgan fingerprint density at radius 1 is 1.04 bits per heavy atom. The highest BCUT2D eigenvalue weighted by Crippen LogP contribution is 2.23. The second-order valence-corrected chi connectivity index (χ2v) is 6.46. The molecule has 0 unspecified atom stereocenters. The molecule has 3 rings (SSSR count). The van der Waals surface area contributed by atoms with Crippen LogP contribution in [-0.2, 0) is 0 Å². The lowest BCUT2D eigenvalue weighted by Crippen LogP contribution is -2.01. The smallest absolute Gasteiger partial charge is 0.204 e. The van der Waals surface area contributed by atoms with Gasteiger partial charge in [-0.1, -0.05) is 0 Å². The van der Waals surface area contributed by atoms with Gasteiger partial charge in [0.05, 0.1) is 0 Å². The summed E-state index contributed by atoms with van der Waals surface area (Å²) in [5.74, 6) is 0.760. The summed E-state index contributed by atoms with van der Waals surface area (Å²) >= 11 is 1.65. The molecule has 24 heavy (non-hydrogen) atoms. The zero-order valence-electron chi connectivity index (χ0n) is 13.0. The van der Waals surface area contributed by atoms with Crippen LogP contribution in [-0.4, -0.2) is 26.8 Å². The fourth-order valence-electron chi connectivity index (χ4n) is 2.37. The Morgan fingerprint density at radius 2 is 1.79 bits per heavy atom. The first-order valence-corrected chi connectivity index (χ1v) is 8.64. The van der Waals surface area contributed by atoms with E-state index in [1.165, 1.54) is 0 Å². The first-order chi connectivity index (χ1) is 11.7. The van der Waals surface area contributed by atoms with E-state index in [1.807, 2.05) is 18.3 Å². The summed E-state index contributed by atoms with van der Waals surface area (Å²) < 4.78 is 2.08. The van der Waals surface area contributed by atoms with Gasteiger partial charge in [-0.3, -0.25) is 15.1 Å². The van der Waals surface area contributed by atoms with Crippen LogP contribution in [0.5, 0.6) is 0 Å². The number of nitro groups is 1. The molecule has 0 fully saturated rings. The molecule has 6 heteroatoms. The summed E-state index contributed by atoms with van der Waals surface area (Å²) in [5.41, 5.74) is 3.38. The molecular formula is C18H17N3O2S. The normalized spacial score (nSPS) is 10.7. The lowest BCUT2D eigenvalue weighted by Gasteiger charge is -2.05.